The maximum Gasteiger partial charge on any atom is 0.410 e. The predicted octanol–water partition coefficient (Wildman–Crippen LogP) is 4.09. The van der Waals surface area contributed by atoms with Gasteiger partial charge >= 0.3 is 18.2 Å². The Balaban J connectivity index is 2.14. The molecular weight excluding hydrogens is 621 g/mol. The molecule has 3 N–H and O–H groups in total. The van der Waals surface area contributed by atoms with Gasteiger partial charge in [-0.25, -0.2) is 9.59 Å². The Labute approximate surface area is 241 Å². The Kier molecular flexibility index (Phi) is 11.8. The van der Waals surface area contributed by atoms with Crippen molar-refractivity contribution in [3.05, 3.63) is 63.2 Å². The number of carbonyl (C=O) groups excluding carboxylic acids is 3. The number of aliphatic carboxylic acids is 1. The van der Waals surface area contributed by atoms with Crippen molar-refractivity contribution in [2.75, 3.05) is 20.2 Å². The zero-order valence-electron chi connectivity index (χ0n) is 22.5. The molecule has 0 saturated heterocycles. The number of ether oxygens (including phenoxy) is 3. The summed E-state index contributed by atoms with van der Waals surface area (Å²) in [7, 11) is 1.41. The second-order valence-electron chi connectivity index (χ2n) is 9.59. The molecule has 12 heteroatoms. The largest absolute Gasteiger partial charge is 0.491 e. The van der Waals surface area contributed by atoms with Crippen molar-refractivity contribution in [2.45, 2.75) is 52.0 Å². The Bertz CT molecular complexity index is 1150. The third-order valence-corrected chi connectivity index (χ3v) is 6.00. The van der Waals surface area contributed by atoms with Crippen LogP contribution in [0.25, 0.3) is 0 Å². The van der Waals surface area contributed by atoms with Crippen molar-refractivity contribution >= 4 is 46.7 Å². The van der Waals surface area contributed by atoms with E-state index in [2.05, 4.69) is 10.6 Å². The van der Waals surface area contributed by atoms with Gasteiger partial charge in [0.05, 0.1) is 10.1 Å². The molecule has 0 fully saturated rings. The number of benzene rings is 2. The van der Waals surface area contributed by atoms with Crippen LogP contribution in [0.1, 0.15) is 44.9 Å². The summed E-state index contributed by atoms with van der Waals surface area (Å²) >= 11 is 2.03. The summed E-state index contributed by atoms with van der Waals surface area (Å²) in [6, 6.07) is 11.6. The molecule has 39 heavy (non-hydrogen) atoms. The number of hydrogen-bond donors (Lipinski definition) is 3. The molecule has 3 amide bonds. The van der Waals surface area contributed by atoms with Crippen LogP contribution in [-0.2, 0) is 25.7 Å². The summed E-state index contributed by atoms with van der Waals surface area (Å²) in [5.41, 5.74) is 0.590. The number of alkyl carbamates (subject to hydrolysis) is 1. The fourth-order valence-corrected chi connectivity index (χ4v) is 3.96. The standard InChI is InChI=1S/C27H34IN3O8/c1-17(24(33)34)30-23(32)22(31(5)26(36)38-16-18-9-7-6-8-10-18)19-11-12-21(20(28)15-19)37-14-13-29-25(35)39-27(2,3)4/h6-12,15,17,22H,13-14,16H2,1-5H3,(H,29,35)(H,30,32)(H,33,34). The lowest BCUT2D eigenvalue weighted by atomic mass is 10.0. The highest BCUT2D eigenvalue weighted by Crippen LogP contribution is 2.28. The number of carbonyl (C=O) groups is 4. The Hall–Kier alpha value is -3.55. The summed E-state index contributed by atoms with van der Waals surface area (Å²) in [5, 5.41) is 14.3. The van der Waals surface area contributed by atoms with Gasteiger partial charge in [0.25, 0.3) is 0 Å². The van der Waals surface area contributed by atoms with Gasteiger partial charge in [-0.3, -0.25) is 14.5 Å². The monoisotopic (exact) mass is 655 g/mol. The number of nitrogens with zero attached hydrogens (tertiary/aromatic N) is 1. The van der Waals surface area contributed by atoms with E-state index in [1.54, 1.807) is 51.1 Å². The van der Waals surface area contributed by atoms with E-state index in [1.807, 2.05) is 40.8 Å². The quantitative estimate of drug-likeness (QED) is 0.243. The van der Waals surface area contributed by atoms with E-state index in [0.717, 1.165) is 10.5 Å². The SMILES string of the molecule is CC(NC(=O)C(c1ccc(OCCNC(=O)OC(C)(C)C)c(I)c1)N(C)C(=O)OCc1ccccc1)C(=O)O. The maximum atomic E-state index is 13.1. The lowest BCUT2D eigenvalue weighted by Gasteiger charge is -2.28. The van der Waals surface area contributed by atoms with Crippen molar-refractivity contribution in [3.8, 4) is 5.75 Å². The summed E-state index contributed by atoms with van der Waals surface area (Å²) in [6.07, 6.45) is -1.31. The van der Waals surface area contributed by atoms with Gasteiger partial charge < -0.3 is 30.0 Å². The van der Waals surface area contributed by atoms with Crippen LogP contribution in [0.2, 0.25) is 0 Å². The molecule has 212 valence electrons. The normalized spacial score (nSPS) is 12.5. The number of nitrogens with one attached hydrogen (secondary N) is 2. The van der Waals surface area contributed by atoms with Crippen LogP contribution in [0, 0.1) is 3.57 Å². The number of likely N-dealkylation sites (N-methyl/N-ethyl adjacent to an activating group) is 1. The highest BCUT2D eigenvalue weighted by atomic mass is 127. The molecule has 2 unspecified atom stereocenters. The number of carboxylic acids is 1. The van der Waals surface area contributed by atoms with Gasteiger partial charge in [-0.05, 0) is 73.5 Å². The molecule has 0 saturated carbocycles. The average molecular weight is 655 g/mol. The first-order valence-corrected chi connectivity index (χ1v) is 13.2. The van der Waals surface area contributed by atoms with Crippen molar-refractivity contribution in [1.82, 2.24) is 15.5 Å². The van der Waals surface area contributed by atoms with Crippen LogP contribution in [0.4, 0.5) is 9.59 Å². The molecule has 2 aromatic carbocycles. The molecule has 0 bridgehead atoms. The molecule has 0 aliphatic carbocycles. The van der Waals surface area contributed by atoms with E-state index >= 15 is 0 Å². The van der Waals surface area contributed by atoms with Crippen molar-refractivity contribution in [2.24, 2.45) is 0 Å². The molecule has 11 nitrogen and oxygen atoms in total. The van der Waals surface area contributed by atoms with E-state index in [4.69, 9.17) is 14.2 Å². The third-order valence-electron chi connectivity index (χ3n) is 5.16. The lowest BCUT2D eigenvalue weighted by Crippen LogP contribution is -2.46. The Morgan fingerprint density at radius 3 is 2.33 bits per heavy atom. The van der Waals surface area contributed by atoms with E-state index in [0.29, 0.717) is 14.9 Å². The first-order chi connectivity index (χ1) is 18.3. The number of hydrogen-bond acceptors (Lipinski definition) is 7. The highest BCUT2D eigenvalue weighted by molar-refractivity contribution is 14.1. The number of rotatable bonds is 11. The summed E-state index contributed by atoms with van der Waals surface area (Å²) in [5.74, 6) is -1.40. The van der Waals surface area contributed by atoms with Crippen LogP contribution in [-0.4, -0.2) is 65.9 Å². The summed E-state index contributed by atoms with van der Waals surface area (Å²) in [6.45, 7) is 7.01. The number of carboxylic acid groups (broad SMARTS) is 1. The fraction of sp³-hybridized carbons (Fsp3) is 0.407. The van der Waals surface area contributed by atoms with Crippen LogP contribution in [0.5, 0.6) is 5.75 Å². The topological polar surface area (TPSA) is 144 Å². The molecule has 2 rings (SSSR count). The van der Waals surface area contributed by atoms with Crippen LogP contribution >= 0.6 is 22.6 Å². The van der Waals surface area contributed by atoms with Gasteiger partial charge in [0.15, 0.2) is 0 Å². The minimum Gasteiger partial charge on any atom is -0.491 e. The predicted molar refractivity (Wildman–Crippen MR) is 151 cm³/mol. The third kappa shape index (κ3) is 10.6. The zero-order valence-corrected chi connectivity index (χ0v) is 24.7. The number of halogens is 1. The molecule has 2 aromatic rings. The van der Waals surface area contributed by atoms with Gasteiger partial charge in [-0.1, -0.05) is 36.4 Å². The van der Waals surface area contributed by atoms with E-state index in [1.165, 1.54) is 14.0 Å². The molecule has 0 spiro atoms. The van der Waals surface area contributed by atoms with E-state index < -0.39 is 41.7 Å². The number of amides is 3. The molecule has 0 radical (unpaired) electrons. The van der Waals surface area contributed by atoms with Gasteiger partial charge in [0.1, 0.15) is 36.6 Å². The van der Waals surface area contributed by atoms with Gasteiger partial charge in [-0.15, -0.1) is 0 Å². The average Bonchev–Trinajstić information content (AvgIpc) is 2.85. The molecule has 0 heterocycles. The zero-order chi connectivity index (χ0) is 29.2. The lowest BCUT2D eigenvalue weighted by molar-refractivity contribution is -0.142. The molecule has 2 atom stereocenters. The van der Waals surface area contributed by atoms with Gasteiger partial charge in [0.2, 0.25) is 5.91 Å². The van der Waals surface area contributed by atoms with Gasteiger partial charge in [-0.2, -0.15) is 0 Å². The molecule has 0 aliphatic rings. The maximum absolute atomic E-state index is 13.1. The van der Waals surface area contributed by atoms with Gasteiger partial charge in [0, 0.05) is 7.05 Å². The summed E-state index contributed by atoms with van der Waals surface area (Å²) in [4.78, 5) is 50.2. The molecular formula is C27H34IN3O8. The van der Waals surface area contributed by atoms with Crippen molar-refractivity contribution in [1.29, 1.82) is 0 Å². The second kappa shape index (κ2) is 14.6. The minimum atomic E-state index is -1.21. The highest BCUT2D eigenvalue weighted by Gasteiger charge is 2.32. The first-order valence-electron chi connectivity index (χ1n) is 12.1. The second-order valence-corrected chi connectivity index (χ2v) is 10.8. The van der Waals surface area contributed by atoms with Crippen molar-refractivity contribution in [3.63, 3.8) is 0 Å². The molecule has 0 aliphatic heterocycles. The smallest absolute Gasteiger partial charge is 0.410 e. The van der Waals surface area contributed by atoms with Crippen LogP contribution in [0.3, 0.4) is 0 Å². The Morgan fingerprint density at radius 2 is 1.74 bits per heavy atom. The van der Waals surface area contributed by atoms with E-state index in [9.17, 15) is 24.3 Å². The van der Waals surface area contributed by atoms with Crippen LogP contribution in [0.15, 0.2) is 48.5 Å². The minimum absolute atomic E-state index is 0.00548. The van der Waals surface area contributed by atoms with Crippen LogP contribution < -0.4 is 15.4 Å². The summed E-state index contributed by atoms with van der Waals surface area (Å²) < 4.78 is 16.9. The first kappa shape index (κ1) is 31.7. The fourth-order valence-electron chi connectivity index (χ4n) is 3.26. The van der Waals surface area contributed by atoms with E-state index in [-0.39, 0.29) is 19.8 Å². The Morgan fingerprint density at radius 1 is 1.08 bits per heavy atom. The van der Waals surface area contributed by atoms with Crippen molar-refractivity contribution < 1.29 is 38.5 Å². The molecule has 0 aromatic heterocycles.